The van der Waals surface area contributed by atoms with E-state index in [9.17, 15) is 4.79 Å². The summed E-state index contributed by atoms with van der Waals surface area (Å²) < 4.78 is 10.8. The third kappa shape index (κ3) is 5.47. The molecule has 19 heavy (non-hydrogen) atoms. The Bertz CT molecular complexity index is 273. The molecule has 112 valence electrons. The van der Waals surface area contributed by atoms with E-state index in [2.05, 4.69) is 24.5 Å². The number of carbonyl (C=O) groups is 1. The van der Waals surface area contributed by atoms with E-state index in [0.717, 1.165) is 19.3 Å². The van der Waals surface area contributed by atoms with Crippen LogP contribution in [-0.4, -0.2) is 50.5 Å². The molecule has 0 radical (unpaired) electrons. The molecular weight excluding hydrogens is 244 g/mol. The molecular formula is C14H28N2O3. The van der Waals surface area contributed by atoms with Crippen LogP contribution in [0.1, 0.15) is 40.0 Å². The maximum Gasteiger partial charge on any atom is 0.248 e. The lowest BCUT2D eigenvalue weighted by atomic mass is 9.94. The quantitative estimate of drug-likeness (QED) is 0.681. The van der Waals surface area contributed by atoms with Crippen molar-refractivity contribution in [2.24, 2.45) is 0 Å². The second kappa shape index (κ2) is 8.51. The summed E-state index contributed by atoms with van der Waals surface area (Å²) in [5.74, 6) is -0.0643. The van der Waals surface area contributed by atoms with Crippen LogP contribution in [0.2, 0.25) is 0 Å². The maximum absolute atomic E-state index is 11.8. The largest absolute Gasteiger partial charge is 0.383 e. The predicted molar refractivity (Wildman–Crippen MR) is 75.1 cm³/mol. The van der Waals surface area contributed by atoms with E-state index in [1.165, 1.54) is 0 Å². The molecule has 1 heterocycles. The molecule has 4 atom stereocenters. The van der Waals surface area contributed by atoms with Gasteiger partial charge in [-0.15, -0.1) is 0 Å². The second-order valence-corrected chi connectivity index (χ2v) is 5.26. The van der Waals surface area contributed by atoms with E-state index in [1.807, 2.05) is 6.92 Å². The number of hydrogen-bond donors (Lipinski definition) is 2. The van der Waals surface area contributed by atoms with Crippen LogP contribution < -0.4 is 10.6 Å². The highest BCUT2D eigenvalue weighted by atomic mass is 16.5. The monoisotopic (exact) mass is 272 g/mol. The third-order valence-corrected chi connectivity index (χ3v) is 3.62. The molecule has 0 aliphatic carbocycles. The van der Waals surface area contributed by atoms with Gasteiger partial charge >= 0.3 is 0 Å². The number of carbonyl (C=O) groups excluding carboxylic acids is 1. The summed E-state index contributed by atoms with van der Waals surface area (Å²) in [6.45, 7) is 7.21. The fourth-order valence-corrected chi connectivity index (χ4v) is 2.46. The number of ether oxygens (including phenoxy) is 2. The fraction of sp³-hybridized carbons (Fsp3) is 0.929. The molecule has 1 amide bonds. The van der Waals surface area contributed by atoms with Gasteiger partial charge in [0.15, 0.2) is 0 Å². The second-order valence-electron chi connectivity index (χ2n) is 5.26. The molecule has 1 rings (SSSR count). The van der Waals surface area contributed by atoms with Gasteiger partial charge in [0.2, 0.25) is 5.91 Å². The topological polar surface area (TPSA) is 59.6 Å². The first-order chi connectivity index (χ1) is 9.08. The van der Waals surface area contributed by atoms with E-state index < -0.39 is 6.10 Å². The Balaban J connectivity index is 2.37. The van der Waals surface area contributed by atoms with Crippen molar-refractivity contribution in [3.63, 3.8) is 0 Å². The summed E-state index contributed by atoms with van der Waals surface area (Å²) in [4.78, 5) is 11.8. The van der Waals surface area contributed by atoms with Crippen LogP contribution in [0.3, 0.4) is 0 Å². The normalized spacial score (nSPS) is 28.9. The first-order valence-electron chi connectivity index (χ1n) is 7.26. The molecule has 1 aliphatic heterocycles. The van der Waals surface area contributed by atoms with Crippen LogP contribution in [0.5, 0.6) is 0 Å². The Morgan fingerprint density at radius 2 is 2.21 bits per heavy atom. The van der Waals surface area contributed by atoms with Crippen molar-refractivity contribution in [2.75, 3.05) is 20.3 Å². The number of hydrogen-bond acceptors (Lipinski definition) is 4. The Morgan fingerprint density at radius 1 is 1.47 bits per heavy atom. The van der Waals surface area contributed by atoms with Crippen molar-refractivity contribution in [2.45, 2.75) is 64.3 Å². The van der Waals surface area contributed by atoms with Crippen LogP contribution >= 0.6 is 0 Å². The van der Waals surface area contributed by atoms with Gasteiger partial charge in [-0.25, -0.2) is 0 Å². The van der Waals surface area contributed by atoms with Crippen molar-refractivity contribution in [3.05, 3.63) is 0 Å². The SMILES string of the molecule is CCC1NC(C)CCC1OC(C)C(=O)NCCOC. The summed E-state index contributed by atoms with van der Waals surface area (Å²) in [6, 6.07) is 0.883. The lowest BCUT2D eigenvalue weighted by Crippen LogP contribution is -2.52. The molecule has 0 saturated carbocycles. The van der Waals surface area contributed by atoms with Crippen LogP contribution in [0, 0.1) is 0 Å². The summed E-state index contributed by atoms with van der Waals surface area (Å²) in [5.41, 5.74) is 0. The number of amides is 1. The molecule has 0 aromatic heterocycles. The Hall–Kier alpha value is -0.650. The van der Waals surface area contributed by atoms with E-state index >= 15 is 0 Å². The van der Waals surface area contributed by atoms with Gasteiger partial charge in [-0.05, 0) is 33.1 Å². The highest BCUT2D eigenvalue weighted by Crippen LogP contribution is 2.20. The molecule has 4 unspecified atom stereocenters. The molecule has 5 nitrogen and oxygen atoms in total. The molecule has 1 fully saturated rings. The zero-order chi connectivity index (χ0) is 14.3. The summed E-state index contributed by atoms with van der Waals surface area (Å²) in [6.07, 6.45) is 2.85. The number of rotatable bonds is 7. The zero-order valence-electron chi connectivity index (χ0n) is 12.6. The summed E-state index contributed by atoms with van der Waals surface area (Å²) in [5, 5.41) is 6.34. The van der Waals surface area contributed by atoms with E-state index in [1.54, 1.807) is 7.11 Å². The summed E-state index contributed by atoms with van der Waals surface area (Å²) >= 11 is 0. The standard InChI is InChI=1S/C14H28N2O3/c1-5-12-13(7-6-10(2)16-12)19-11(3)14(17)15-8-9-18-4/h10-13,16H,5-9H2,1-4H3,(H,15,17). The van der Waals surface area contributed by atoms with E-state index in [-0.39, 0.29) is 12.0 Å². The van der Waals surface area contributed by atoms with Gasteiger partial charge in [-0.1, -0.05) is 6.92 Å². The number of methoxy groups -OCH3 is 1. The van der Waals surface area contributed by atoms with Crippen LogP contribution in [0.25, 0.3) is 0 Å². The number of nitrogens with one attached hydrogen (secondary N) is 2. The van der Waals surface area contributed by atoms with Crippen molar-refractivity contribution in [1.82, 2.24) is 10.6 Å². The smallest absolute Gasteiger partial charge is 0.248 e. The van der Waals surface area contributed by atoms with Crippen molar-refractivity contribution in [1.29, 1.82) is 0 Å². The molecule has 1 saturated heterocycles. The first kappa shape index (κ1) is 16.4. The minimum absolute atomic E-state index is 0.0643. The summed E-state index contributed by atoms with van der Waals surface area (Å²) in [7, 11) is 1.62. The third-order valence-electron chi connectivity index (χ3n) is 3.62. The van der Waals surface area contributed by atoms with Gasteiger partial charge < -0.3 is 20.1 Å². The molecule has 0 aromatic rings. The van der Waals surface area contributed by atoms with Gasteiger partial charge in [-0.2, -0.15) is 0 Å². The highest BCUT2D eigenvalue weighted by Gasteiger charge is 2.30. The molecule has 0 aromatic carbocycles. The van der Waals surface area contributed by atoms with Gasteiger partial charge in [-0.3, -0.25) is 4.79 Å². The fourth-order valence-electron chi connectivity index (χ4n) is 2.46. The molecule has 0 spiro atoms. The van der Waals surface area contributed by atoms with Crippen LogP contribution in [0.15, 0.2) is 0 Å². The minimum atomic E-state index is -0.411. The van der Waals surface area contributed by atoms with E-state index in [4.69, 9.17) is 9.47 Å². The van der Waals surface area contributed by atoms with E-state index in [0.29, 0.717) is 25.2 Å². The minimum Gasteiger partial charge on any atom is -0.383 e. The maximum atomic E-state index is 11.8. The van der Waals surface area contributed by atoms with Gasteiger partial charge in [0.1, 0.15) is 6.10 Å². The highest BCUT2D eigenvalue weighted by molar-refractivity contribution is 5.80. The van der Waals surface area contributed by atoms with Crippen molar-refractivity contribution >= 4 is 5.91 Å². The van der Waals surface area contributed by atoms with Gasteiger partial charge in [0, 0.05) is 25.7 Å². The van der Waals surface area contributed by atoms with Crippen LogP contribution in [-0.2, 0) is 14.3 Å². The number of piperidine rings is 1. The molecule has 5 heteroatoms. The molecule has 2 N–H and O–H groups in total. The van der Waals surface area contributed by atoms with Crippen molar-refractivity contribution < 1.29 is 14.3 Å². The lowest BCUT2D eigenvalue weighted by Gasteiger charge is -2.36. The van der Waals surface area contributed by atoms with Gasteiger partial charge in [0.25, 0.3) is 0 Å². The Labute approximate surface area is 116 Å². The first-order valence-corrected chi connectivity index (χ1v) is 7.26. The average Bonchev–Trinajstić information content (AvgIpc) is 2.40. The predicted octanol–water partition coefficient (Wildman–Crippen LogP) is 1.07. The molecule has 0 bridgehead atoms. The Kier molecular flexibility index (Phi) is 7.34. The Morgan fingerprint density at radius 3 is 2.84 bits per heavy atom. The molecule has 1 aliphatic rings. The van der Waals surface area contributed by atoms with Crippen molar-refractivity contribution in [3.8, 4) is 0 Å². The van der Waals surface area contributed by atoms with Gasteiger partial charge in [0.05, 0.1) is 12.7 Å². The average molecular weight is 272 g/mol. The van der Waals surface area contributed by atoms with Crippen LogP contribution in [0.4, 0.5) is 0 Å². The lowest BCUT2D eigenvalue weighted by molar-refractivity contribution is -0.138. The zero-order valence-corrected chi connectivity index (χ0v) is 12.6.